The van der Waals surface area contributed by atoms with Gasteiger partial charge >= 0.3 is 0 Å². The summed E-state index contributed by atoms with van der Waals surface area (Å²) in [5.74, 6) is 0.316. The van der Waals surface area contributed by atoms with E-state index < -0.39 is 10.2 Å². The standard InChI is InChI=1S/C10H23N3O2S/c1-9(2)8-12-16(14,15)13-6-4-3-5-10(13)7-11/h9-10,12H,3-8,11H2,1-2H3. The van der Waals surface area contributed by atoms with Crippen LogP contribution < -0.4 is 10.5 Å². The first-order chi connectivity index (χ1) is 7.47. The molecule has 0 aromatic heterocycles. The Morgan fingerprint density at radius 1 is 1.44 bits per heavy atom. The van der Waals surface area contributed by atoms with E-state index in [1.165, 1.54) is 4.31 Å². The molecule has 5 nitrogen and oxygen atoms in total. The maximum Gasteiger partial charge on any atom is 0.279 e. The number of rotatable bonds is 5. The van der Waals surface area contributed by atoms with E-state index in [4.69, 9.17) is 5.73 Å². The summed E-state index contributed by atoms with van der Waals surface area (Å²) < 4.78 is 28.2. The lowest BCUT2D eigenvalue weighted by Crippen LogP contribution is -2.52. The molecule has 0 saturated carbocycles. The Labute approximate surface area is 98.6 Å². The normalized spacial score (nSPS) is 23.9. The molecule has 0 aromatic rings. The first-order valence-electron chi connectivity index (χ1n) is 5.94. The van der Waals surface area contributed by atoms with Crippen molar-refractivity contribution in [1.82, 2.24) is 9.03 Å². The van der Waals surface area contributed by atoms with Gasteiger partial charge in [0.1, 0.15) is 0 Å². The van der Waals surface area contributed by atoms with Crippen LogP contribution in [0.1, 0.15) is 33.1 Å². The molecule has 16 heavy (non-hydrogen) atoms. The van der Waals surface area contributed by atoms with Gasteiger partial charge < -0.3 is 5.73 Å². The van der Waals surface area contributed by atoms with Gasteiger partial charge in [0.15, 0.2) is 0 Å². The monoisotopic (exact) mass is 249 g/mol. The molecule has 0 aromatic carbocycles. The number of piperidine rings is 1. The van der Waals surface area contributed by atoms with Crippen molar-refractivity contribution in [3.05, 3.63) is 0 Å². The number of hydrogen-bond donors (Lipinski definition) is 2. The van der Waals surface area contributed by atoms with Crippen LogP contribution in [0.2, 0.25) is 0 Å². The highest BCUT2D eigenvalue weighted by Crippen LogP contribution is 2.18. The van der Waals surface area contributed by atoms with Crippen molar-refractivity contribution in [2.75, 3.05) is 19.6 Å². The number of nitrogens with two attached hydrogens (primary N) is 1. The maximum absolute atomic E-state index is 12.0. The van der Waals surface area contributed by atoms with E-state index in [0.29, 0.717) is 25.6 Å². The van der Waals surface area contributed by atoms with Crippen molar-refractivity contribution in [3.63, 3.8) is 0 Å². The zero-order valence-corrected chi connectivity index (χ0v) is 11.0. The van der Waals surface area contributed by atoms with E-state index in [2.05, 4.69) is 4.72 Å². The van der Waals surface area contributed by atoms with Crippen molar-refractivity contribution in [3.8, 4) is 0 Å². The minimum Gasteiger partial charge on any atom is -0.329 e. The Kier molecular flexibility index (Phi) is 5.17. The van der Waals surface area contributed by atoms with Crippen molar-refractivity contribution >= 4 is 10.2 Å². The van der Waals surface area contributed by atoms with E-state index in [0.717, 1.165) is 19.3 Å². The second-order valence-electron chi connectivity index (χ2n) is 4.74. The molecule has 6 heteroatoms. The van der Waals surface area contributed by atoms with Crippen LogP contribution in [-0.2, 0) is 10.2 Å². The van der Waals surface area contributed by atoms with Crippen LogP contribution in [0.4, 0.5) is 0 Å². The van der Waals surface area contributed by atoms with Gasteiger partial charge in [0.05, 0.1) is 0 Å². The van der Waals surface area contributed by atoms with E-state index in [-0.39, 0.29) is 6.04 Å². The van der Waals surface area contributed by atoms with Crippen molar-refractivity contribution in [2.45, 2.75) is 39.2 Å². The van der Waals surface area contributed by atoms with Gasteiger partial charge in [-0.3, -0.25) is 0 Å². The highest BCUT2D eigenvalue weighted by atomic mass is 32.2. The van der Waals surface area contributed by atoms with Gasteiger partial charge in [-0.05, 0) is 18.8 Å². The van der Waals surface area contributed by atoms with Gasteiger partial charge in [-0.2, -0.15) is 12.7 Å². The second-order valence-corrected chi connectivity index (χ2v) is 6.45. The predicted molar refractivity (Wildman–Crippen MR) is 65.2 cm³/mol. The summed E-state index contributed by atoms with van der Waals surface area (Å²) in [4.78, 5) is 0. The SMILES string of the molecule is CC(C)CNS(=O)(=O)N1CCCCC1CN. The second kappa shape index (κ2) is 5.95. The Hall–Kier alpha value is -0.170. The van der Waals surface area contributed by atoms with Crippen LogP contribution in [0.5, 0.6) is 0 Å². The molecule has 0 spiro atoms. The third-order valence-corrected chi connectivity index (χ3v) is 4.46. The number of nitrogens with zero attached hydrogens (tertiary/aromatic N) is 1. The minimum atomic E-state index is -3.34. The summed E-state index contributed by atoms with van der Waals surface area (Å²) in [5.41, 5.74) is 5.61. The molecule has 1 rings (SSSR count). The van der Waals surface area contributed by atoms with Crippen LogP contribution in [0.15, 0.2) is 0 Å². The average Bonchev–Trinajstić information content (AvgIpc) is 2.26. The highest BCUT2D eigenvalue weighted by molar-refractivity contribution is 7.87. The first-order valence-corrected chi connectivity index (χ1v) is 7.38. The summed E-state index contributed by atoms with van der Waals surface area (Å²) in [6.45, 7) is 5.45. The quantitative estimate of drug-likeness (QED) is 0.735. The lowest BCUT2D eigenvalue weighted by molar-refractivity contribution is 0.254. The molecule has 0 aliphatic carbocycles. The van der Waals surface area contributed by atoms with Gasteiger partial charge in [0.2, 0.25) is 0 Å². The molecule has 1 heterocycles. The molecule has 1 aliphatic heterocycles. The fourth-order valence-electron chi connectivity index (χ4n) is 1.88. The maximum atomic E-state index is 12.0. The van der Waals surface area contributed by atoms with E-state index >= 15 is 0 Å². The lowest BCUT2D eigenvalue weighted by atomic mass is 10.1. The summed E-state index contributed by atoms with van der Waals surface area (Å²) in [7, 11) is -3.34. The van der Waals surface area contributed by atoms with E-state index in [9.17, 15) is 8.42 Å². The zero-order valence-electron chi connectivity index (χ0n) is 10.1. The van der Waals surface area contributed by atoms with Crippen molar-refractivity contribution in [1.29, 1.82) is 0 Å². The molecule has 0 radical (unpaired) electrons. The third kappa shape index (κ3) is 3.69. The average molecular weight is 249 g/mol. The molecule has 3 N–H and O–H groups in total. The fourth-order valence-corrected chi connectivity index (χ4v) is 3.54. The molecule has 1 aliphatic rings. The van der Waals surface area contributed by atoms with E-state index in [1.54, 1.807) is 0 Å². The van der Waals surface area contributed by atoms with Gasteiger partial charge in [0, 0.05) is 25.7 Å². The molecular formula is C10H23N3O2S. The Morgan fingerprint density at radius 2 is 2.12 bits per heavy atom. The van der Waals surface area contributed by atoms with Gasteiger partial charge in [-0.1, -0.05) is 20.3 Å². The molecule has 1 unspecified atom stereocenters. The van der Waals surface area contributed by atoms with Crippen molar-refractivity contribution < 1.29 is 8.42 Å². The zero-order chi connectivity index (χ0) is 12.2. The first kappa shape index (κ1) is 13.9. The summed E-state index contributed by atoms with van der Waals surface area (Å²) >= 11 is 0. The molecule has 96 valence electrons. The van der Waals surface area contributed by atoms with E-state index in [1.807, 2.05) is 13.8 Å². The van der Waals surface area contributed by atoms with Crippen LogP contribution in [0.25, 0.3) is 0 Å². The van der Waals surface area contributed by atoms with Gasteiger partial charge in [-0.25, -0.2) is 4.72 Å². The molecule has 1 atom stereocenters. The summed E-state index contributed by atoms with van der Waals surface area (Å²) in [6, 6.07) is -0.0292. The molecule has 0 amide bonds. The Morgan fingerprint density at radius 3 is 2.69 bits per heavy atom. The van der Waals surface area contributed by atoms with Crippen LogP contribution in [0, 0.1) is 5.92 Å². The molecule has 1 fully saturated rings. The fraction of sp³-hybridized carbons (Fsp3) is 1.00. The van der Waals surface area contributed by atoms with Gasteiger partial charge in [-0.15, -0.1) is 0 Å². The van der Waals surface area contributed by atoms with Crippen LogP contribution in [0.3, 0.4) is 0 Å². The Bertz CT molecular complexity index is 303. The lowest BCUT2D eigenvalue weighted by Gasteiger charge is -2.33. The number of hydrogen-bond acceptors (Lipinski definition) is 3. The number of nitrogens with one attached hydrogen (secondary N) is 1. The van der Waals surface area contributed by atoms with Crippen LogP contribution in [-0.4, -0.2) is 38.4 Å². The van der Waals surface area contributed by atoms with Gasteiger partial charge in [0.25, 0.3) is 10.2 Å². The summed E-state index contributed by atoms with van der Waals surface area (Å²) in [6.07, 6.45) is 2.87. The largest absolute Gasteiger partial charge is 0.329 e. The van der Waals surface area contributed by atoms with Crippen molar-refractivity contribution in [2.24, 2.45) is 11.7 Å². The summed E-state index contributed by atoms with van der Waals surface area (Å²) in [5, 5.41) is 0. The minimum absolute atomic E-state index is 0.0292. The smallest absolute Gasteiger partial charge is 0.279 e. The predicted octanol–water partition coefficient (Wildman–Crippen LogP) is 0.290. The third-order valence-electron chi connectivity index (χ3n) is 2.83. The molecule has 1 saturated heterocycles. The Balaban J connectivity index is 2.64. The molecular weight excluding hydrogens is 226 g/mol. The highest BCUT2D eigenvalue weighted by Gasteiger charge is 2.30. The topological polar surface area (TPSA) is 75.4 Å². The molecule has 0 bridgehead atoms. The van der Waals surface area contributed by atoms with Crippen LogP contribution >= 0.6 is 0 Å².